The summed E-state index contributed by atoms with van der Waals surface area (Å²) in [5.74, 6) is -0.477. The second-order valence-electron chi connectivity index (χ2n) is 4.95. The minimum Gasteiger partial charge on any atom is -0.478 e. The molecule has 4 heteroatoms. The van der Waals surface area contributed by atoms with Gasteiger partial charge in [-0.3, -0.25) is 0 Å². The van der Waals surface area contributed by atoms with Gasteiger partial charge in [0, 0.05) is 5.02 Å². The molecule has 0 amide bonds. The lowest BCUT2D eigenvalue weighted by Crippen LogP contribution is -2.37. The Morgan fingerprint density at radius 3 is 1.90 bits per heavy atom. The summed E-state index contributed by atoms with van der Waals surface area (Å²) >= 11 is 5.85. The summed E-state index contributed by atoms with van der Waals surface area (Å²) in [6.45, 7) is 3.03. The first-order valence-electron chi connectivity index (χ1n) is 6.17. The first-order chi connectivity index (χ1) is 9.38. The molecule has 0 unspecified atom stereocenters. The van der Waals surface area contributed by atoms with Gasteiger partial charge in [0.1, 0.15) is 5.75 Å². The number of hydrogen-bond donors (Lipinski definition) is 1. The number of halogens is 1. The lowest BCUT2D eigenvalue weighted by atomic mass is 10.1. The van der Waals surface area contributed by atoms with Crippen molar-refractivity contribution >= 4 is 17.6 Å². The van der Waals surface area contributed by atoms with Crippen LogP contribution in [0.25, 0.3) is 11.1 Å². The molecule has 0 aliphatic rings. The van der Waals surface area contributed by atoms with E-state index in [1.54, 1.807) is 12.1 Å². The van der Waals surface area contributed by atoms with Crippen molar-refractivity contribution in [2.45, 2.75) is 19.4 Å². The van der Waals surface area contributed by atoms with Gasteiger partial charge in [-0.1, -0.05) is 35.9 Å². The van der Waals surface area contributed by atoms with E-state index in [0.717, 1.165) is 11.1 Å². The molecule has 0 fully saturated rings. The third-order valence-corrected chi connectivity index (χ3v) is 3.17. The smallest absolute Gasteiger partial charge is 0.347 e. The SMILES string of the molecule is CC(C)(Oc1ccc(-c2ccc(Cl)cc2)cc1)C(=O)O. The summed E-state index contributed by atoms with van der Waals surface area (Å²) < 4.78 is 5.45. The van der Waals surface area contributed by atoms with Crippen molar-refractivity contribution in [3.63, 3.8) is 0 Å². The summed E-state index contributed by atoms with van der Waals surface area (Å²) in [4.78, 5) is 11.0. The third kappa shape index (κ3) is 3.31. The van der Waals surface area contributed by atoms with Crippen LogP contribution in [-0.2, 0) is 4.79 Å². The molecule has 2 rings (SSSR count). The highest BCUT2D eigenvalue weighted by Gasteiger charge is 2.29. The van der Waals surface area contributed by atoms with Crippen molar-refractivity contribution in [2.75, 3.05) is 0 Å². The predicted molar refractivity (Wildman–Crippen MR) is 79.2 cm³/mol. The van der Waals surface area contributed by atoms with Crippen LogP contribution in [0.2, 0.25) is 5.02 Å². The molecule has 3 nitrogen and oxygen atoms in total. The average Bonchev–Trinajstić information content (AvgIpc) is 2.40. The molecule has 0 saturated carbocycles. The van der Waals surface area contributed by atoms with Crippen LogP contribution in [0.5, 0.6) is 5.75 Å². The normalized spacial score (nSPS) is 11.2. The van der Waals surface area contributed by atoms with Crippen LogP contribution in [0.1, 0.15) is 13.8 Å². The van der Waals surface area contributed by atoms with E-state index < -0.39 is 11.6 Å². The molecule has 0 heterocycles. The van der Waals surface area contributed by atoms with Crippen LogP contribution in [0.15, 0.2) is 48.5 Å². The summed E-state index contributed by atoms with van der Waals surface area (Å²) in [5, 5.41) is 9.72. The zero-order valence-electron chi connectivity index (χ0n) is 11.3. The van der Waals surface area contributed by atoms with Crippen LogP contribution in [0.3, 0.4) is 0 Å². The van der Waals surface area contributed by atoms with Gasteiger partial charge in [-0.2, -0.15) is 0 Å². The van der Waals surface area contributed by atoms with Gasteiger partial charge in [-0.15, -0.1) is 0 Å². The van der Waals surface area contributed by atoms with E-state index in [9.17, 15) is 4.79 Å². The van der Waals surface area contributed by atoms with Crippen molar-refractivity contribution in [1.82, 2.24) is 0 Å². The fourth-order valence-corrected chi connectivity index (χ4v) is 1.82. The van der Waals surface area contributed by atoms with Crippen molar-refractivity contribution < 1.29 is 14.6 Å². The fourth-order valence-electron chi connectivity index (χ4n) is 1.70. The molecular formula is C16H15ClO3. The first kappa shape index (κ1) is 14.4. The van der Waals surface area contributed by atoms with E-state index >= 15 is 0 Å². The van der Waals surface area contributed by atoms with Gasteiger partial charge in [0.15, 0.2) is 5.60 Å². The van der Waals surface area contributed by atoms with Crippen LogP contribution in [0.4, 0.5) is 0 Å². The number of carboxylic acid groups (broad SMARTS) is 1. The highest BCUT2D eigenvalue weighted by molar-refractivity contribution is 6.30. The standard InChI is InChI=1S/C16H15ClO3/c1-16(2,15(18)19)20-14-9-5-12(6-10-14)11-3-7-13(17)8-4-11/h3-10H,1-2H3,(H,18,19). The van der Waals surface area contributed by atoms with Gasteiger partial charge in [-0.25, -0.2) is 4.79 Å². The monoisotopic (exact) mass is 290 g/mol. The van der Waals surface area contributed by atoms with Gasteiger partial charge in [0.25, 0.3) is 0 Å². The molecule has 20 heavy (non-hydrogen) atoms. The maximum Gasteiger partial charge on any atom is 0.347 e. The number of carbonyl (C=O) groups is 1. The highest BCUT2D eigenvalue weighted by atomic mass is 35.5. The zero-order valence-corrected chi connectivity index (χ0v) is 12.0. The lowest BCUT2D eigenvalue weighted by Gasteiger charge is -2.21. The number of rotatable bonds is 4. The quantitative estimate of drug-likeness (QED) is 0.915. The molecule has 0 bridgehead atoms. The van der Waals surface area contributed by atoms with Crippen LogP contribution in [0, 0.1) is 0 Å². The molecule has 104 valence electrons. The van der Waals surface area contributed by atoms with Crippen molar-refractivity contribution in [1.29, 1.82) is 0 Å². The van der Waals surface area contributed by atoms with Crippen LogP contribution in [-0.4, -0.2) is 16.7 Å². The van der Waals surface area contributed by atoms with E-state index in [1.807, 2.05) is 36.4 Å². The molecule has 0 aliphatic heterocycles. The Bertz CT molecular complexity index is 601. The van der Waals surface area contributed by atoms with E-state index in [1.165, 1.54) is 13.8 Å². The molecule has 2 aromatic carbocycles. The Labute approximate surface area is 122 Å². The Morgan fingerprint density at radius 2 is 1.45 bits per heavy atom. The summed E-state index contributed by atoms with van der Waals surface area (Å²) in [6, 6.07) is 14.8. The Morgan fingerprint density at radius 1 is 1.00 bits per heavy atom. The number of ether oxygens (including phenoxy) is 1. The van der Waals surface area contributed by atoms with Crippen LogP contribution < -0.4 is 4.74 Å². The number of hydrogen-bond acceptors (Lipinski definition) is 2. The number of carboxylic acids is 1. The fraction of sp³-hybridized carbons (Fsp3) is 0.188. The minimum atomic E-state index is -1.25. The predicted octanol–water partition coefficient (Wildman–Crippen LogP) is 4.25. The third-order valence-electron chi connectivity index (χ3n) is 2.92. The molecule has 1 N–H and O–H groups in total. The largest absolute Gasteiger partial charge is 0.478 e. The average molecular weight is 291 g/mol. The molecule has 0 aromatic heterocycles. The summed E-state index contributed by atoms with van der Waals surface area (Å²) in [7, 11) is 0. The molecule has 0 aliphatic carbocycles. The van der Waals surface area contributed by atoms with Gasteiger partial charge < -0.3 is 9.84 Å². The molecule has 0 radical (unpaired) electrons. The van der Waals surface area contributed by atoms with E-state index in [-0.39, 0.29) is 0 Å². The number of benzene rings is 2. The zero-order chi connectivity index (χ0) is 14.8. The van der Waals surface area contributed by atoms with Crippen molar-refractivity contribution in [3.8, 4) is 16.9 Å². The minimum absolute atomic E-state index is 0.523. The van der Waals surface area contributed by atoms with E-state index in [4.69, 9.17) is 21.4 Å². The molecule has 0 atom stereocenters. The summed E-state index contributed by atoms with van der Waals surface area (Å²) in [5.41, 5.74) is 0.808. The molecule has 2 aromatic rings. The van der Waals surface area contributed by atoms with Gasteiger partial charge in [0.2, 0.25) is 0 Å². The van der Waals surface area contributed by atoms with E-state index in [2.05, 4.69) is 0 Å². The second kappa shape index (κ2) is 5.55. The topological polar surface area (TPSA) is 46.5 Å². The van der Waals surface area contributed by atoms with Gasteiger partial charge >= 0.3 is 5.97 Å². The summed E-state index contributed by atoms with van der Waals surface area (Å²) in [6.07, 6.45) is 0. The maximum absolute atomic E-state index is 11.0. The Hall–Kier alpha value is -2.00. The molecule has 0 saturated heterocycles. The van der Waals surface area contributed by atoms with Gasteiger partial charge in [0.05, 0.1) is 0 Å². The van der Waals surface area contributed by atoms with E-state index in [0.29, 0.717) is 10.8 Å². The lowest BCUT2D eigenvalue weighted by molar-refractivity contribution is -0.152. The Kier molecular flexibility index (Phi) is 4.00. The maximum atomic E-state index is 11.0. The van der Waals surface area contributed by atoms with Crippen LogP contribution >= 0.6 is 11.6 Å². The second-order valence-corrected chi connectivity index (χ2v) is 5.39. The van der Waals surface area contributed by atoms with Crippen molar-refractivity contribution in [2.24, 2.45) is 0 Å². The molecular weight excluding hydrogens is 276 g/mol. The first-order valence-corrected chi connectivity index (χ1v) is 6.55. The highest BCUT2D eigenvalue weighted by Crippen LogP contribution is 2.25. The Balaban J connectivity index is 2.18. The molecule has 0 spiro atoms. The van der Waals surface area contributed by atoms with Gasteiger partial charge in [-0.05, 0) is 49.2 Å². The number of aliphatic carboxylic acids is 1. The van der Waals surface area contributed by atoms with Crippen molar-refractivity contribution in [3.05, 3.63) is 53.6 Å².